The molecule has 0 fully saturated rings. The molecule has 2 aromatic carbocycles. The number of anilines is 1. The van der Waals surface area contributed by atoms with Gasteiger partial charge in [0.1, 0.15) is 17.8 Å². The third kappa shape index (κ3) is 2.81. The highest BCUT2D eigenvalue weighted by Gasteiger charge is 2.15. The Kier molecular flexibility index (Phi) is 4.20. The first kappa shape index (κ1) is 15.6. The largest absolute Gasteiger partial charge is 0.497 e. The van der Waals surface area contributed by atoms with E-state index in [0.29, 0.717) is 28.0 Å². The fourth-order valence-electron chi connectivity index (χ4n) is 2.40. The predicted molar refractivity (Wildman–Crippen MR) is 90.0 cm³/mol. The maximum atomic E-state index is 12.6. The Morgan fingerprint density at radius 1 is 1.04 bits per heavy atom. The number of ether oxygens (including phenoxy) is 2. The minimum Gasteiger partial charge on any atom is -0.497 e. The van der Waals surface area contributed by atoms with E-state index in [9.17, 15) is 9.59 Å². The second-order valence-corrected chi connectivity index (χ2v) is 5.00. The van der Waals surface area contributed by atoms with Gasteiger partial charge in [0.05, 0.1) is 30.9 Å². The van der Waals surface area contributed by atoms with Crippen LogP contribution in [0.2, 0.25) is 0 Å². The van der Waals surface area contributed by atoms with Crippen LogP contribution in [0.4, 0.5) is 5.69 Å². The standard InChI is InChI=1S/C18H15NO5/c1-22-11-7-8-15(16(9-11)23-2)19-17(20)14-10-24-18(21)13-6-4-3-5-12(13)14/h3-10H,1-2H3,(H,19,20). The summed E-state index contributed by atoms with van der Waals surface area (Å²) in [6.07, 6.45) is 1.16. The molecule has 0 saturated heterocycles. The van der Waals surface area contributed by atoms with Crippen LogP contribution >= 0.6 is 0 Å². The third-order valence-electron chi connectivity index (χ3n) is 3.62. The Morgan fingerprint density at radius 2 is 1.79 bits per heavy atom. The van der Waals surface area contributed by atoms with Crippen LogP contribution in [0.3, 0.4) is 0 Å². The summed E-state index contributed by atoms with van der Waals surface area (Å²) in [7, 11) is 3.05. The SMILES string of the molecule is COc1ccc(NC(=O)c2coc(=O)c3ccccc23)c(OC)c1. The van der Waals surface area contributed by atoms with Gasteiger partial charge in [-0.15, -0.1) is 0 Å². The number of carbonyl (C=O) groups excluding carboxylic acids is 1. The van der Waals surface area contributed by atoms with Gasteiger partial charge < -0.3 is 19.2 Å². The van der Waals surface area contributed by atoms with E-state index in [0.717, 1.165) is 6.26 Å². The molecule has 0 spiro atoms. The van der Waals surface area contributed by atoms with Crippen LogP contribution in [0.5, 0.6) is 11.5 Å². The summed E-state index contributed by atoms with van der Waals surface area (Å²) in [5.41, 5.74) is 0.269. The highest BCUT2D eigenvalue weighted by molar-refractivity contribution is 6.12. The summed E-state index contributed by atoms with van der Waals surface area (Å²) >= 11 is 0. The lowest BCUT2D eigenvalue weighted by atomic mass is 10.1. The van der Waals surface area contributed by atoms with E-state index in [-0.39, 0.29) is 5.56 Å². The number of rotatable bonds is 4. The van der Waals surface area contributed by atoms with Crippen molar-refractivity contribution in [1.29, 1.82) is 0 Å². The molecule has 1 heterocycles. The van der Waals surface area contributed by atoms with Crippen LogP contribution in [0, 0.1) is 0 Å². The minimum atomic E-state index is -0.482. The number of hydrogen-bond acceptors (Lipinski definition) is 5. The van der Waals surface area contributed by atoms with Gasteiger partial charge in [0.2, 0.25) is 0 Å². The molecule has 0 saturated carbocycles. The Hall–Kier alpha value is -3.28. The summed E-state index contributed by atoms with van der Waals surface area (Å²) < 4.78 is 15.3. The average molecular weight is 325 g/mol. The number of fused-ring (bicyclic) bond motifs is 1. The molecule has 0 radical (unpaired) electrons. The van der Waals surface area contributed by atoms with Gasteiger partial charge in [-0.3, -0.25) is 4.79 Å². The molecule has 6 heteroatoms. The van der Waals surface area contributed by atoms with Gasteiger partial charge in [-0.25, -0.2) is 4.79 Å². The molecule has 3 rings (SSSR count). The molecular formula is C18H15NO5. The fraction of sp³-hybridized carbons (Fsp3) is 0.111. The molecule has 0 aliphatic heterocycles. The second-order valence-electron chi connectivity index (χ2n) is 5.00. The summed E-state index contributed by atoms with van der Waals surface area (Å²) in [5.74, 6) is 0.670. The van der Waals surface area contributed by atoms with E-state index in [2.05, 4.69) is 5.32 Å². The van der Waals surface area contributed by atoms with E-state index < -0.39 is 11.5 Å². The lowest BCUT2D eigenvalue weighted by Crippen LogP contribution is -2.15. The summed E-state index contributed by atoms with van der Waals surface area (Å²) in [4.78, 5) is 24.4. The fourth-order valence-corrected chi connectivity index (χ4v) is 2.40. The average Bonchev–Trinajstić information content (AvgIpc) is 2.62. The van der Waals surface area contributed by atoms with E-state index >= 15 is 0 Å². The number of benzene rings is 2. The van der Waals surface area contributed by atoms with Crippen molar-refractivity contribution in [3.8, 4) is 11.5 Å². The first-order valence-corrected chi connectivity index (χ1v) is 7.18. The van der Waals surface area contributed by atoms with Crippen LogP contribution in [-0.4, -0.2) is 20.1 Å². The lowest BCUT2D eigenvalue weighted by molar-refractivity contribution is 0.102. The van der Waals surface area contributed by atoms with Crippen LogP contribution in [0.25, 0.3) is 10.8 Å². The molecule has 24 heavy (non-hydrogen) atoms. The van der Waals surface area contributed by atoms with Crippen molar-refractivity contribution in [3.05, 3.63) is 64.7 Å². The number of nitrogens with one attached hydrogen (secondary N) is 1. The van der Waals surface area contributed by atoms with E-state index in [1.165, 1.54) is 7.11 Å². The van der Waals surface area contributed by atoms with Crippen molar-refractivity contribution in [3.63, 3.8) is 0 Å². The molecule has 0 unspecified atom stereocenters. The van der Waals surface area contributed by atoms with Crippen LogP contribution < -0.4 is 20.4 Å². The van der Waals surface area contributed by atoms with Crippen LogP contribution in [0.15, 0.2) is 57.9 Å². The van der Waals surface area contributed by atoms with Crippen molar-refractivity contribution in [2.24, 2.45) is 0 Å². The first-order valence-electron chi connectivity index (χ1n) is 7.18. The highest BCUT2D eigenvalue weighted by atomic mass is 16.5. The second kappa shape index (κ2) is 6.45. The van der Waals surface area contributed by atoms with Crippen molar-refractivity contribution < 1.29 is 18.7 Å². The minimum absolute atomic E-state index is 0.267. The molecule has 122 valence electrons. The zero-order chi connectivity index (χ0) is 17.1. The highest BCUT2D eigenvalue weighted by Crippen LogP contribution is 2.29. The maximum Gasteiger partial charge on any atom is 0.343 e. The molecule has 3 aromatic rings. The molecule has 0 atom stereocenters. The topological polar surface area (TPSA) is 77.8 Å². The van der Waals surface area contributed by atoms with Crippen LogP contribution in [0.1, 0.15) is 10.4 Å². The summed E-state index contributed by atoms with van der Waals surface area (Å²) in [6, 6.07) is 11.8. The van der Waals surface area contributed by atoms with Crippen molar-refractivity contribution in [2.45, 2.75) is 0 Å². The Balaban J connectivity index is 2.00. The molecule has 6 nitrogen and oxygen atoms in total. The van der Waals surface area contributed by atoms with Crippen molar-refractivity contribution in [2.75, 3.05) is 19.5 Å². The van der Waals surface area contributed by atoms with Crippen molar-refractivity contribution >= 4 is 22.4 Å². The molecule has 0 aliphatic carbocycles. The number of amides is 1. The normalized spacial score (nSPS) is 10.4. The van der Waals surface area contributed by atoms with Gasteiger partial charge in [0.25, 0.3) is 5.91 Å². The summed E-state index contributed by atoms with van der Waals surface area (Å²) in [6.45, 7) is 0. The van der Waals surface area contributed by atoms with Crippen LogP contribution in [-0.2, 0) is 0 Å². The van der Waals surface area contributed by atoms with E-state index in [4.69, 9.17) is 13.9 Å². The third-order valence-corrected chi connectivity index (χ3v) is 3.62. The molecule has 0 bridgehead atoms. The Morgan fingerprint density at radius 3 is 2.50 bits per heavy atom. The zero-order valence-electron chi connectivity index (χ0n) is 13.2. The predicted octanol–water partition coefficient (Wildman–Crippen LogP) is 3.06. The Bertz CT molecular complexity index is 961. The van der Waals surface area contributed by atoms with Gasteiger partial charge >= 0.3 is 5.63 Å². The molecule has 1 aromatic heterocycles. The number of methoxy groups -OCH3 is 2. The van der Waals surface area contributed by atoms with Gasteiger partial charge in [0.15, 0.2) is 0 Å². The van der Waals surface area contributed by atoms with E-state index in [1.807, 2.05) is 0 Å². The zero-order valence-corrected chi connectivity index (χ0v) is 13.2. The van der Waals surface area contributed by atoms with Gasteiger partial charge in [-0.1, -0.05) is 18.2 Å². The molecule has 1 N–H and O–H groups in total. The Labute approximate surface area is 137 Å². The van der Waals surface area contributed by atoms with Crippen molar-refractivity contribution in [1.82, 2.24) is 0 Å². The monoisotopic (exact) mass is 325 g/mol. The van der Waals surface area contributed by atoms with E-state index in [1.54, 1.807) is 49.6 Å². The van der Waals surface area contributed by atoms with Gasteiger partial charge in [-0.05, 0) is 18.2 Å². The lowest BCUT2D eigenvalue weighted by Gasteiger charge is -2.12. The van der Waals surface area contributed by atoms with Gasteiger partial charge in [-0.2, -0.15) is 0 Å². The quantitative estimate of drug-likeness (QED) is 0.797. The molecular weight excluding hydrogens is 310 g/mol. The maximum absolute atomic E-state index is 12.6. The van der Waals surface area contributed by atoms with Gasteiger partial charge in [0, 0.05) is 11.5 Å². The molecule has 1 amide bonds. The smallest absolute Gasteiger partial charge is 0.343 e. The first-order chi connectivity index (χ1) is 11.6. The number of hydrogen-bond donors (Lipinski definition) is 1. The molecule has 0 aliphatic rings. The summed E-state index contributed by atoms with van der Waals surface area (Å²) in [5, 5.41) is 3.64. The number of carbonyl (C=O) groups is 1.